The molecule has 0 aliphatic heterocycles. The van der Waals surface area contributed by atoms with Crippen LogP contribution in [-0.4, -0.2) is 67.4 Å². The number of carbonyl (C=O) groups is 1. The van der Waals surface area contributed by atoms with E-state index in [1.165, 1.54) is 32.1 Å². The molecule has 1 aromatic rings. The quantitative estimate of drug-likeness (QED) is 0.349. The third-order valence-corrected chi connectivity index (χ3v) is 5.93. The van der Waals surface area contributed by atoms with Crippen LogP contribution >= 0.6 is 35.3 Å². The summed E-state index contributed by atoms with van der Waals surface area (Å²) in [4.78, 5) is 24.7. The number of nitrogens with one attached hydrogen (secondary N) is 1. The van der Waals surface area contributed by atoms with Crippen LogP contribution in [0.4, 0.5) is 0 Å². The van der Waals surface area contributed by atoms with Crippen LogP contribution in [0.5, 0.6) is 0 Å². The molecular weight excluding hydrogens is 473 g/mol. The van der Waals surface area contributed by atoms with Gasteiger partial charge >= 0.3 is 0 Å². The van der Waals surface area contributed by atoms with E-state index in [-0.39, 0.29) is 36.4 Å². The lowest BCUT2D eigenvalue weighted by atomic mass is 9.89. The zero-order valence-corrected chi connectivity index (χ0v) is 20.1. The third kappa shape index (κ3) is 8.33. The van der Waals surface area contributed by atoms with Crippen molar-refractivity contribution in [1.29, 1.82) is 0 Å². The van der Waals surface area contributed by atoms with Gasteiger partial charge < -0.3 is 15.1 Å². The first kappa shape index (κ1) is 24.1. The van der Waals surface area contributed by atoms with E-state index in [2.05, 4.69) is 27.1 Å². The Balaban J connectivity index is 0.00000364. The third-order valence-electron chi connectivity index (χ3n) is 4.92. The second kappa shape index (κ2) is 12.5. The molecule has 2 rings (SSSR count). The summed E-state index contributed by atoms with van der Waals surface area (Å²) in [5, 5.41) is 6.67. The Morgan fingerprint density at radius 2 is 2.04 bits per heavy atom. The maximum absolute atomic E-state index is 11.9. The number of hydrogen-bond donors (Lipinski definition) is 1. The summed E-state index contributed by atoms with van der Waals surface area (Å²) in [7, 11) is 5.57. The van der Waals surface area contributed by atoms with Gasteiger partial charge in [0.1, 0.15) is 6.54 Å². The van der Waals surface area contributed by atoms with Crippen molar-refractivity contribution in [3.63, 3.8) is 0 Å². The van der Waals surface area contributed by atoms with Gasteiger partial charge in [-0.2, -0.15) is 0 Å². The highest BCUT2D eigenvalue weighted by molar-refractivity contribution is 14.0. The van der Waals surface area contributed by atoms with Crippen LogP contribution in [0.25, 0.3) is 0 Å². The molecule has 1 aromatic heterocycles. The number of guanidine groups is 1. The molecule has 154 valence electrons. The van der Waals surface area contributed by atoms with Crippen LogP contribution < -0.4 is 5.32 Å². The number of thiazole rings is 1. The molecule has 6 nitrogen and oxygen atoms in total. The Bertz CT molecular complexity index is 573. The summed E-state index contributed by atoms with van der Waals surface area (Å²) in [5.74, 6) is 1.87. The van der Waals surface area contributed by atoms with Gasteiger partial charge in [-0.05, 0) is 18.8 Å². The van der Waals surface area contributed by atoms with Crippen LogP contribution in [0.3, 0.4) is 0 Å². The molecule has 0 radical (unpaired) electrons. The molecule has 0 saturated heterocycles. The minimum Gasteiger partial charge on any atom is -0.356 e. The van der Waals surface area contributed by atoms with Crippen molar-refractivity contribution in [2.75, 3.05) is 40.8 Å². The highest BCUT2D eigenvalue weighted by atomic mass is 127. The fraction of sp³-hybridized carbons (Fsp3) is 0.737. The number of halogens is 1. The molecule has 1 unspecified atom stereocenters. The molecule has 1 aliphatic carbocycles. The lowest BCUT2D eigenvalue weighted by Gasteiger charge is -2.28. The largest absolute Gasteiger partial charge is 0.356 e. The second-order valence-corrected chi connectivity index (χ2v) is 8.39. The lowest BCUT2D eigenvalue weighted by molar-refractivity contribution is -0.127. The molecular formula is C19H34IN5OS. The molecule has 27 heavy (non-hydrogen) atoms. The standard InChI is InChI=1S/C19H33N5OS.HI/c1-15(18-20-10-11-26-18)14-24(4)19(22-13-17(25)23(2)3)21-12-16-8-6-5-7-9-16;/h10-11,15-16H,5-9,12-14H2,1-4H3,(H,21,22);1H. The highest BCUT2D eigenvalue weighted by Gasteiger charge is 2.18. The Hall–Kier alpha value is -0.900. The van der Waals surface area contributed by atoms with Crippen LogP contribution in [-0.2, 0) is 4.79 Å². The maximum atomic E-state index is 11.9. The van der Waals surface area contributed by atoms with Gasteiger partial charge in [0.05, 0.1) is 5.01 Å². The van der Waals surface area contributed by atoms with Gasteiger partial charge in [-0.25, -0.2) is 9.98 Å². The smallest absolute Gasteiger partial charge is 0.243 e. The predicted molar refractivity (Wildman–Crippen MR) is 124 cm³/mol. The summed E-state index contributed by atoms with van der Waals surface area (Å²) in [5.41, 5.74) is 0. The monoisotopic (exact) mass is 507 g/mol. The van der Waals surface area contributed by atoms with Crippen molar-refractivity contribution in [3.05, 3.63) is 16.6 Å². The average molecular weight is 507 g/mol. The van der Waals surface area contributed by atoms with Crippen molar-refractivity contribution in [1.82, 2.24) is 20.1 Å². The molecule has 1 atom stereocenters. The highest BCUT2D eigenvalue weighted by Crippen LogP contribution is 2.23. The first-order valence-electron chi connectivity index (χ1n) is 9.56. The number of hydrogen-bond acceptors (Lipinski definition) is 4. The molecule has 8 heteroatoms. The predicted octanol–water partition coefficient (Wildman–Crippen LogP) is 3.41. The number of nitrogens with zero attached hydrogens (tertiary/aromatic N) is 4. The van der Waals surface area contributed by atoms with E-state index in [4.69, 9.17) is 0 Å². The molecule has 1 aliphatic rings. The molecule has 1 fully saturated rings. The van der Waals surface area contributed by atoms with Crippen LogP contribution in [0.1, 0.15) is 50.0 Å². The molecule has 0 bridgehead atoms. The number of aliphatic imine (C=N–C) groups is 1. The minimum atomic E-state index is 0. The van der Waals surface area contributed by atoms with E-state index in [1.807, 2.05) is 18.6 Å². The maximum Gasteiger partial charge on any atom is 0.243 e. The van der Waals surface area contributed by atoms with E-state index in [1.54, 1.807) is 30.3 Å². The zero-order chi connectivity index (χ0) is 18.9. The van der Waals surface area contributed by atoms with Gasteiger partial charge in [-0.1, -0.05) is 26.2 Å². The summed E-state index contributed by atoms with van der Waals surface area (Å²) in [6.45, 7) is 4.11. The van der Waals surface area contributed by atoms with Gasteiger partial charge in [0.25, 0.3) is 0 Å². The lowest BCUT2D eigenvalue weighted by Crippen LogP contribution is -2.43. The van der Waals surface area contributed by atoms with E-state index in [9.17, 15) is 4.79 Å². The Morgan fingerprint density at radius 3 is 2.63 bits per heavy atom. The molecule has 0 spiro atoms. The fourth-order valence-electron chi connectivity index (χ4n) is 3.28. The first-order valence-corrected chi connectivity index (χ1v) is 10.4. The van der Waals surface area contributed by atoms with Gasteiger partial charge in [0.2, 0.25) is 5.91 Å². The average Bonchev–Trinajstić information content (AvgIpc) is 3.17. The van der Waals surface area contributed by atoms with Gasteiger partial charge in [0.15, 0.2) is 5.96 Å². The molecule has 1 amide bonds. The van der Waals surface area contributed by atoms with Gasteiger partial charge in [-0.3, -0.25) is 4.79 Å². The molecule has 1 N–H and O–H groups in total. The van der Waals surface area contributed by atoms with Crippen molar-refractivity contribution >= 4 is 47.2 Å². The topological polar surface area (TPSA) is 60.8 Å². The van der Waals surface area contributed by atoms with Crippen LogP contribution in [0.2, 0.25) is 0 Å². The number of amides is 1. The van der Waals surface area contributed by atoms with Crippen molar-refractivity contribution in [2.24, 2.45) is 10.9 Å². The number of aromatic nitrogens is 1. The SMILES string of the molecule is CC(CN(C)C(=NCC(=O)N(C)C)NCC1CCCCC1)c1nccs1.I. The Labute approximate surface area is 184 Å². The van der Waals surface area contributed by atoms with Crippen molar-refractivity contribution in [2.45, 2.75) is 44.9 Å². The number of likely N-dealkylation sites (N-methyl/N-ethyl adjacent to an activating group) is 2. The number of carbonyl (C=O) groups excluding carboxylic acids is 1. The summed E-state index contributed by atoms with van der Waals surface area (Å²) in [6, 6.07) is 0. The zero-order valence-electron chi connectivity index (χ0n) is 17.0. The van der Waals surface area contributed by atoms with Gasteiger partial charge in [-0.15, -0.1) is 35.3 Å². The van der Waals surface area contributed by atoms with Crippen LogP contribution in [0, 0.1) is 5.92 Å². The molecule has 0 aromatic carbocycles. The van der Waals surface area contributed by atoms with Crippen molar-refractivity contribution < 1.29 is 4.79 Å². The van der Waals surface area contributed by atoms with E-state index in [0.29, 0.717) is 11.8 Å². The number of rotatable bonds is 7. The summed E-state index contributed by atoms with van der Waals surface area (Å²) >= 11 is 1.68. The molecule has 1 saturated carbocycles. The van der Waals surface area contributed by atoms with Gasteiger partial charge in [0, 0.05) is 51.7 Å². The first-order chi connectivity index (χ1) is 12.5. The Morgan fingerprint density at radius 1 is 1.33 bits per heavy atom. The fourth-order valence-corrected chi connectivity index (χ4v) is 3.97. The van der Waals surface area contributed by atoms with E-state index in [0.717, 1.165) is 24.1 Å². The van der Waals surface area contributed by atoms with E-state index < -0.39 is 0 Å². The van der Waals surface area contributed by atoms with Crippen molar-refractivity contribution in [3.8, 4) is 0 Å². The van der Waals surface area contributed by atoms with E-state index >= 15 is 0 Å². The Kier molecular flexibility index (Phi) is 11.2. The van der Waals surface area contributed by atoms with Crippen LogP contribution in [0.15, 0.2) is 16.6 Å². The summed E-state index contributed by atoms with van der Waals surface area (Å²) < 4.78 is 0. The molecule has 1 heterocycles. The minimum absolute atomic E-state index is 0. The summed E-state index contributed by atoms with van der Waals surface area (Å²) in [6.07, 6.45) is 8.44. The second-order valence-electron chi connectivity index (χ2n) is 7.46. The normalized spacial score (nSPS) is 16.4.